The third kappa shape index (κ3) is 4.85. The highest BCUT2D eigenvalue weighted by molar-refractivity contribution is 5.79. The number of guanidine groups is 1. The molecule has 0 saturated carbocycles. The van der Waals surface area contributed by atoms with Crippen molar-refractivity contribution in [3.05, 3.63) is 52.4 Å². The molecule has 2 N–H and O–H groups in total. The van der Waals surface area contributed by atoms with Crippen LogP contribution in [0, 0.1) is 6.92 Å². The van der Waals surface area contributed by atoms with E-state index in [1.54, 1.807) is 7.05 Å². The molecule has 0 aliphatic rings. The summed E-state index contributed by atoms with van der Waals surface area (Å²) in [4.78, 5) is 4.29. The van der Waals surface area contributed by atoms with Crippen LogP contribution in [0.15, 0.2) is 33.8 Å². The fraction of sp³-hybridized carbons (Fsp3) is 0.474. The molecule has 0 aliphatic carbocycles. The number of rotatable bonds is 7. The lowest BCUT2D eigenvalue weighted by atomic mass is 10.1. The number of benzene rings is 1. The van der Waals surface area contributed by atoms with Crippen LogP contribution in [0.5, 0.6) is 0 Å². The molecule has 1 heterocycles. The van der Waals surface area contributed by atoms with Gasteiger partial charge in [-0.3, -0.25) is 4.99 Å². The number of aryl methyl sites for hydroxylation is 3. The van der Waals surface area contributed by atoms with E-state index in [1.165, 1.54) is 11.1 Å². The smallest absolute Gasteiger partial charge is 0.191 e. The van der Waals surface area contributed by atoms with Crippen molar-refractivity contribution < 1.29 is 4.52 Å². The number of hydrogen-bond acceptors (Lipinski definition) is 3. The van der Waals surface area contributed by atoms with Gasteiger partial charge in [0.1, 0.15) is 5.76 Å². The molecule has 1 aromatic carbocycles. The Kier molecular flexibility index (Phi) is 6.85. The van der Waals surface area contributed by atoms with Gasteiger partial charge in [-0.05, 0) is 25.3 Å². The molecule has 2 aromatic rings. The molecule has 0 bridgehead atoms. The van der Waals surface area contributed by atoms with Crippen LogP contribution in [0.3, 0.4) is 0 Å². The van der Waals surface area contributed by atoms with Gasteiger partial charge in [0, 0.05) is 32.1 Å². The van der Waals surface area contributed by atoms with Gasteiger partial charge >= 0.3 is 0 Å². The molecule has 5 nitrogen and oxygen atoms in total. The van der Waals surface area contributed by atoms with Crippen LogP contribution in [-0.2, 0) is 25.8 Å². The maximum Gasteiger partial charge on any atom is 0.191 e. The summed E-state index contributed by atoms with van der Waals surface area (Å²) in [6, 6.07) is 8.64. The number of aliphatic imine (C=N–C) groups is 1. The molecule has 5 heteroatoms. The van der Waals surface area contributed by atoms with E-state index in [1.807, 2.05) is 0 Å². The summed E-state index contributed by atoms with van der Waals surface area (Å²) in [5.41, 5.74) is 4.79. The Hall–Kier alpha value is -2.30. The zero-order chi connectivity index (χ0) is 17.4. The first-order chi connectivity index (χ1) is 11.7. The van der Waals surface area contributed by atoms with Crippen molar-refractivity contribution in [1.29, 1.82) is 0 Å². The number of hydrogen-bond donors (Lipinski definition) is 2. The molecule has 0 spiro atoms. The van der Waals surface area contributed by atoms with E-state index in [0.29, 0.717) is 6.54 Å². The third-order valence-electron chi connectivity index (χ3n) is 4.09. The Morgan fingerprint density at radius 2 is 1.88 bits per heavy atom. The number of nitrogens with zero attached hydrogens (tertiary/aromatic N) is 2. The summed E-state index contributed by atoms with van der Waals surface area (Å²) in [5.74, 6) is 1.75. The molecule has 24 heavy (non-hydrogen) atoms. The molecular weight excluding hydrogens is 300 g/mol. The van der Waals surface area contributed by atoms with Gasteiger partial charge in [0.25, 0.3) is 0 Å². The van der Waals surface area contributed by atoms with Crippen LogP contribution in [0.2, 0.25) is 0 Å². The van der Waals surface area contributed by atoms with Crippen LogP contribution >= 0.6 is 0 Å². The van der Waals surface area contributed by atoms with E-state index >= 15 is 0 Å². The van der Waals surface area contributed by atoms with E-state index in [9.17, 15) is 0 Å². The van der Waals surface area contributed by atoms with E-state index in [4.69, 9.17) is 4.52 Å². The molecular formula is C19H28N4O. The summed E-state index contributed by atoms with van der Waals surface area (Å²) >= 11 is 0. The zero-order valence-corrected chi connectivity index (χ0v) is 15.1. The van der Waals surface area contributed by atoms with E-state index in [-0.39, 0.29) is 0 Å². The summed E-state index contributed by atoms with van der Waals surface area (Å²) in [6.45, 7) is 7.80. The standard InChI is InChI=1S/C19H28N4O/c1-5-17-16(18(6-2)24-23-17)13-22-19(20-4)21-12-11-15-9-7-14(3)8-10-15/h7-10H,5-6,11-13H2,1-4H3,(H2,20,21,22). The van der Waals surface area contributed by atoms with Gasteiger partial charge < -0.3 is 15.2 Å². The normalized spacial score (nSPS) is 11.6. The van der Waals surface area contributed by atoms with Crippen LogP contribution < -0.4 is 10.6 Å². The Labute approximate surface area is 144 Å². The Balaban J connectivity index is 1.84. The van der Waals surface area contributed by atoms with Crippen LogP contribution in [0.1, 0.15) is 42.0 Å². The predicted molar refractivity (Wildman–Crippen MR) is 98.3 cm³/mol. The van der Waals surface area contributed by atoms with Gasteiger partial charge in [-0.25, -0.2) is 0 Å². The van der Waals surface area contributed by atoms with E-state index in [0.717, 1.165) is 48.8 Å². The summed E-state index contributed by atoms with van der Waals surface area (Å²) < 4.78 is 5.40. The van der Waals surface area contributed by atoms with E-state index < -0.39 is 0 Å². The topological polar surface area (TPSA) is 62.5 Å². The number of aromatic nitrogens is 1. The van der Waals surface area contributed by atoms with Crippen molar-refractivity contribution >= 4 is 5.96 Å². The zero-order valence-electron chi connectivity index (χ0n) is 15.1. The third-order valence-corrected chi connectivity index (χ3v) is 4.09. The summed E-state index contributed by atoms with van der Waals surface area (Å²) in [6.07, 6.45) is 2.69. The van der Waals surface area contributed by atoms with Crippen molar-refractivity contribution in [3.63, 3.8) is 0 Å². The highest BCUT2D eigenvalue weighted by Crippen LogP contribution is 2.15. The molecule has 1 aromatic heterocycles. The molecule has 0 fully saturated rings. The van der Waals surface area contributed by atoms with Crippen molar-refractivity contribution in [2.75, 3.05) is 13.6 Å². The molecule has 0 unspecified atom stereocenters. The highest BCUT2D eigenvalue weighted by atomic mass is 16.5. The van der Waals surface area contributed by atoms with E-state index in [2.05, 4.69) is 65.8 Å². The predicted octanol–water partition coefficient (Wildman–Crippen LogP) is 3.02. The van der Waals surface area contributed by atoms with Crippen LogP contribution in [0.25, 0.3) is 0 Å². The fourth-order valence-corrected chi connectivity index (χ4v) is 2.61. The van der Waals surface area contributed by atoms with Gasteiger partial charge in [-0.1, -0.05) is 48.8 Å². The SMILES string of the molecule is CCc1noc(CC)c1CNC(=NC)NCCc1ccc(C)cc1. The Morgan fingerprint density at radius 3 is 2.50 bits per heavy atom. The van der Waals surface area contributed by atoms with Crippen molar-refractivity contribution in [2.24, 2.45) is 4.99 Å². The minimum absolute atomic E-state index is 0.681. The van der Waals surface area contributed by atoms with Gasteiger partial charge in [0.05, 0.1) is 5.69 Å². The average molecular weight is 328 g/mol. The first kappa shape index (κ1) is 18.0. The van der Waals surface area contributed by atoms with Gasteiger partial charge in [-0.15, -0.1) is 0 Å². The molecule has 0 saturated heterocycles. The maximum atomic E-state index is 5.40. The molecule has 0 radical (unpaired) electrons. The Bertz CT molecular complexity index is 637. The maximum absolute atomic E-state index is 5.40. The monoisotopic (exact) mass is 328 g/mol. The first-order valence-electron chi connectivity index (χ1n) is 8.64. The largest absolute Gasteiger partial charge is 0.361 e. The molecule has 0 aliphatic heterocycles. The second-order valence-electron chi connectivity index (χ2n) is 5.83. The molecule has 2 rings (SSSR count). The Morgan fingerprint density at radius 1 is 1.12 bits per heavy atom. The van der Waals surface area contributed by atoms with Gasteiger partial charge in [0.2, 0.25) is 0 Å². The minimum Gasteiger partial charge on any atom is -0.361 e. The summed E-state index contributed by atoms with van der Waals surface area (Å²) in [7, 11) is 1.79. The van der Waals surface area contributed by atoms with Gasteiger partial charge in [-0.2, -0.15) is 0 Å². The lowest BCUT2D eigenvalue weighted by Crippen LogP contribution is -2.38. The summed E-state index contributed by atoms with van der Waals surface area (Å²) in [5, 5.41) is 10.9. The second-order valence-corrected chi connectivity index (χ2v) is 5.83. The lowest BCUT2D eigenvalue weighted by Gasteiger charge is -2.12. The first-order valence-corrected chi connectivity index (χ1v) is 8.64. The second kappa shape index (κ2) is 9.11. The van der Waals surface area contributed by atoms with Crippen molar-refractivity contribution in [2.45, 2.75) is 46.6 Å². The van der Waals surface area contributed by atoms with Crippen molar-refractivity contribution in [3.8, 4) is 0 Å². The van der Waals surface area contributed by atoms with Gasteiger partial charge in [0.15, 0.2) is 5.96 Å². The lowest BCUT2D eigenvalue weighted by molar-refractivity contribution is 0.380. The van der Waals surface area contributed by atoms with Crippen LogP contribution in [0.4, 0.5) is 0 Å². The highest BCUT2D eigenvalue weighted by Gasteiger charge is 2.13. The molecule has 0 amide bonds. The quantitative estimate of drug-likeness (QED) is 0.606. The average Bonchev–Trinajstić information content (AvgIpc) is 3.01. The fourth-order valence-electron chi connectivity index (χ4n) is 2.61. The minimum atomic E-state index is 0.681. The number of nitrogens with one attached hydrogen (secondary N) is 2. The molecule has 0 atom stereocenters. The molecule has 130 valence electrons. The van der Waals surface area contributed by atoms with Crippen LogP contribution in [-0.4, -0.2) is 24.7 Å². The van der Waals surface area contributed by atoms with Crippen molar-refractivity contribution in [1.82, 2.24) is 15.8 Å².